The molecule has 0 aliphatic carbocycles. The number of anilines is 1. The molecule has 0 spiro atoms. The maximum absolute atomic E-state index is 12.1. The summed E-state index contributed by atoms with van der Waals surface area (Å²) >= 11 is 0. The highest BCUT2D eigenvalue weighted by Crippen LogP contribution is 2.25. The number of benzene rings is 2. The molecule has 0 radical (unpaired) electrons. The van der Waals surface area contributed by atoms with Gasteiger partial charge in [-0.2, -0.15) is 5.10 Å². The summed E-state index contributed by atoms with van der Waals surface area (Å²) in [7, 11) is 1.47. The summed E-state index contributed by atoms with van der Waals surface area (Å²) in [6, 6.07) is 9.86. The molecule has 2 aromatic rings. The third kappa shape index (κ3) is 6.59. The van der Waals surface area contributed by atoms with E-state index in [-0.39, 0.29) is 17.9 Å². The van der Waals surface area contributed by atoms with Crippen LogP contribution >= 0.6 is 0 Å². The van der Waals surface area contributed by atoms with Gasteiger partial charge < -0.3 is 10.1 Å². The number of carbonyl (C=O) groups excluding carboxylic acids is 2. The van der Waals surface area contributed by atoms with E-state index < -0.39 is 33.5 Å². The van der Waals surface area contributed by atoms with Gasteiger partial charge in [-0.15, -0.1) is 0 Å². The number of para-hydroxylation sites is 2. The van der Waals surface area contributed by atoms with E-state index in [2.05, 4.69) is 15.8 Å². The van der Waals surface area contributed by atoms with E-state index in [0.717, 1.165) is 18.2 Å². The Bertz CT molecular complexity index is 1050. The molecule has 0 aliphatic heterocycles. The second-order valence-electron chi connectivity index (χ2n) is 6.31. The molecule has 2 amide bonds. The predicted octanol–water partition coefficient (Wildman–Crippen LogP) is 2.58. The first-order valence-corrected chi connectivity index (χ1v) is 8.87. The van der Waals surface area contributed by atoms with Crippen LogP contribution in [0.4, 0.5) is 17.1 Å². The van der Waals surface area contributed by atoms with Crippen molar-refractivity contribution in [2.45, 2.75) is 19.8 Å². The number of nitrogens with one attached hydrogen (secondary N) is 2. The lowest BCUT2D eigenvalue weighted by Crippen LogP contribution is -2.23. The number of carbonyl (C=O) groups is 2. The number of ether oxygens (including phenoxy) is 1. The Morgan fingerprint density at radius 3 is 2.42 bits per heavy atom. The molecule has 0 atom stereocenters. The van der Waals surface area contributed by atoms with Crippen molar-refractivity contribution in [1.29, 1.82) is 0 Å². The Morgan fingerprint density at radius 2 is 1.77 bits per heavy atom. The number of hydrazone groups is 1. The molecule has 2 rings (SSSR count). The molecule has 0 bridgehead atoms. The quantitative estimate of drug-likeness (QED) is 0.351. The lowest BCUT2D eigenvalue weighted by molar-refractivity contribution is -0.394. The van der Waals surface area contributed by atoms with E-state index in [1.54, 1.807) is 24.3 Å². The van der Waals surface area contributed by atoms with Crippen molar-refractivity contribution in [3.05, 3.63) is 68.3 Å². The minimum atomic E-state index is -0.799. The lowest BCUT2D eigenvalue weighted by Gasteiger charge is -2.09. The molecule has 0 fully saturated rings. The van der Waals surface area contributed by atoms with E-state index in [9.17, 15) is 29.8 Å². The second-order valence-corrected chi connectivity index (χ2v) is 6.31. The maximum Gasteiger partial charge on any atom is 0.279 e. The maximum atomic E-state index is 12.1. The van der Waals surface area contributed by atoms with Crippen LogP contribution in [0.3, 0.4) is 0 Å². The fourth-order valence-electron chi connectivity index (χ4n) is 2.57. The van der Waals surface area contributed by atoms with Gasteiger partial charge in [0.05, 0.1) is 41.6 Å². The first kappa shape index (κ1) is 22.9. The van der Waals surface area contributed by atoms with Gasteiger partial charge in [0.15, 0.2) is 0 Å². The molecule has 2 N–H and O–H groups in total. The third-order valence-electron chi connectivity index (χ3n) is 4.00. The number of amides is 2. The van der Waals surface area contributed by atoms with Crippen molar-refractivity contribution in [1.82, 2.24) is 5.43 Å². The van der Waals surface area contributed by atoms with Crippen LogP contribution in [-0.2, 0) is 16.0 Å². The Labute approximate surface area is 176 Å². The summed E-state index contributed by atoms with van der Waals surface area (Å²) < 4.78 is 5.15. The number of nitrogens with zero attached hydrogens (tertiary/aromatic N) is 3. The van der Waals surface area contributed by atoms with Gasteiger partial charge in [-0.1, -0.05) is 12.1 Å². The largest absolute Gasteiger partial charge is 0.495 e. The zero-order chi connectivity index (χ0) is 23.0. The molecule has 0 aliphatic rings. The number of methoxy groups -OCH3 is 1. The Balaban J connectivity index is 1.97. The van der Waals surface area contributed by atoms with Crippen LogP contribution < -0.4 is 15.5 Å². The third-order valence-corrected chi connectivity index (χ3v) is 4.00. The number of hydrogen-bond donors (Lipinski definition) is 2. The summed E-state index contributed by atoms with van der Waals surface area (Å²) in [5.74, 6) is -0.573. The SMILES string of the molecule is COc1ccccc1NC(=O)C/C(C)=N\NC(=O)Cc1ccc([N+](=O)[O-])cc1[N+](=O)[O-]. The van der Waals surface area contributed by atoms with Crippen LogP contribution in [0.1, 0.15) is 18.9 Å². The number of hydrogen-bond acceptors (Lipinski definition) is 8. The van der Waals surface area contributed by atoms with Crippen LogP contribution in [0.2, 0.25) is 0 Å². The zero-order valence-corrected chi connectivity index (χ0v) is 16.7. The van der Waals surface area contributed by atoms with E-state index >= 15 is 0 Å². The first-order valence-electron chi connectivity index (χ1n) is 8.87. The zero-order valence-electron chi connectivity index (χ0n) is 16.7. The molecule has 0 heterocycles. The number of nitro groups is 2. The number of nitro benzene ring substituents is 2. The van der Waals surface area contributed by atoms with Crippen molar-refractivity contribution in [3.8, 4) is 5.75 Å². The average molecular weight is 429 g/mol. The molecule has 0 saturated heterocycles. The topological polar surface area (TPSA) is 166 Å². The van der Waals surface area contributed by atoms with E-state index in [1.807, 2.05) is 0 Å². The lowest BCUT2D eigenvalue weighted by atomic mass is 10.1. The monoisotopic (exact) mass is 429 g/mol. The summed E-state index contributed by atoms with van der Waals surface area (Å²) in [6.45, 7) is 1.52. The highest BCUT2D eigenvalue weighted by Gasteiger charge is 2.21. The highest BCUT2D eigenvalue weighted by atomic mass is 16.6. The molecular weight excluding hydrogens is 410 g/mol. The fourth-order valence-corrected chi connectivity index (χ4v) is 2.57. The molecule has 12 heteroatoms. The highest BCUT2D eigenvalue weighted by molar-refractivity contribution is 6.06. The van der Waals surface area contributed by atoms with Crippen LogP contribution in [0.15, 0.2) is 47.6 Å². The molecule has 162 valence electrons. The van der Waals surface area contributed by atoms with Crippen molar-refractivity contribution in [2.24, 2.45) is 5.10 Å². The van der Waals surface area contributed by atoms with Gasteiger partial charge in [0.25, 0.3) is 11.4 Å². The summed E-state index contributed by atoms with van der Waals surface area (Å²) in [5, 5.41) is 28.4. The smallest absolute Gasteiger partial charge is 0.279 e. The van der Waals surface area contributed by atoms with Gasteiger partial charge in [-0.3, -0.25) is 29.8 Å². The van der Waals surface area contributed by atoms with E-state index in [1.165, 1.54) is 14.0 Å². The summed E-state index contributed by atoms with van der Waals surface area (Å²) in [5.41, 5.74) is 1.99. The van der Waals surface area contributed by atoms with Crippen molar-refractivity contribution >= 4 is 34.6 Å². The molecular formula is C19H19N5O7. The molecule has 0 aromatic heterocycles. The standard InChI is InChI=1S/C19H19N5O7/c1-12(9-18(25)20-15-5-3-4-6-17(15)31-2)21-22-19(26)10-13-7-8-14(23(27)28)11-16(13)24(29)30/h3-8,11H,9-10H2,1-2H3,(H,20,25)(H,22,26)/b21-12-. The van der Waals surface area contributed by atoms with Crippen LogP contribution in [0.5, 0.6) is 5.75 Å². The number of non-ortho nitro benzene ring substituents is 1. The van der Waals surface area contributed by atoms with Crippen LogP contribution in [0.25, 0.3) is 0 Å². The van der Waals surface area contributed by atoms with Crippen LogP contribution in [-0.4, -0.2) is 34.5 Å². The molecule has 31 heavy (non-hydrogen) atoms. The molecule has 0 saturated carbocycles. The minimum absolute atomic E-state index is 0.00475. The first-order chi connectivity index (χ1) is 14.7. The van der Waals surface area contributed by atoms with Crippen LogP contribution in [0, 0.1) is 20.2 Å². The average Bonchev–Trinajstić information content (AvgIpc) is 2.72. The Kier molecular flexibility index (Phi) is 7.72. The van der Waals surface area contributed by atoms with E-state index in [0.29, 0.717) is 17.1 Å². The molecule has 2 aromatic carbocycles. The Morgan fingerprint density at radius 1 is 1.06 bits per heavy atom. The number of rotatable bonds is 9. The molecule has 0 unspecified atom stereocenters. The van der Waals surface area contributed by atoms with Gasteiger partial charge in [-0.05, 0) is 25.1 Å². The van der Waals surface area contributed by atoms with Crippen molar-refractivity contribution in [2.75, 3.05) is 12.4 Å². The molecule has 12 nitrogen and oxygen atoms in total. The normalized spacial score (nSPS) is 10.8. The Hall–Kier alpha value is -4.35. The fraction of sp³-hybridized carbons (Fsp3) is 0.211. The predicted molar refractivity (Wildman–Crippen MR) is 111 cm³/mol. The summed E-state index contributed by atoms with van der Waals surface area (Å²) in [6.07, 6.45) is -0.533. The van der Waals surface area contributed by atoms with Gasteiger partial charge in [0, 0.05) is 17.3 Å². The van der Waals surface area contributed by atoms with Crippen molar-refractivity contribution < 1.29 is 24.2 Å². The van der Waals surface area contributed by atoms with Gasteiger partial charge in [0.1, 0.15) is 5.75 Å². The van der Waals surface area contributed by atoms with Gasteiger partial charge in [-0.25, -0.2) is 5.43 Å². The van der Waals surface area contributed by atoms with Gasteiger partial charge >= 0.3 is 0 Å². The second kappa shape index (κ2) is 10.4. The summed E-state index contributed by atoms with van der Waals surface area (Å²) in [4.78, 5) is 44.6. The minimum Gasteiger partial charge on any atom is -0.495 e. The van der Waals surface area contributed by atoms with Crippen molar-refractivity contribution in [3.63, 3.8) is 0 Å². The van der Waals surface area contributed by atoms with E-state index in [4.69, 9.17) is 4.74 Å². The van der Waals surface area contributed by atoms with Gasteiger partial charge in [0.2, 0.25) is 11.8 Å².